The number of aryl methyl sites for hydroxylation is 1. The van der Waals surface area contributed by atoms with Gasteiger partial charge in [0.1, 0.15) is 12.4 Å². The van der Waals surface area contributed by atoms with Crippen LogP contribution in [0.3, 0.4) is 0 Å². The summed E-state index contributed by atoms with van der Waals surface area (Å²) in [5.41, 5.74) is 1.60. The molecule has 0 radical (unpaired) electrons. The number of amides is 1. The monoisotopic (exact) mass is 333 g/mol. The summed E-state index contributed by atoms with van der Waals surface area (Å²) in [7, 11) is 0. The Bertz CT molecular complexity index is 715. The number of nitrogens with one attached hydrogen (secondary N) is 1. The van der Waals surface area contributed by atoms with Crippen molar-refractivity contribution in [1.82, 2.24) is 5.32 Å². The van der Waals surface area contributed by atoms with E-state index in [1.165, 1.54) is 5.56 Å². The third-order valence-electron chi connectivity index (χ3n) is 3.37. The molecule has 23 heavy (non-hydrogen) atoms. The highest BCUT2D eigenvalue weighted by atomic mass is 35.5. The second-order valence-corrected chi connectivity index (χ2v) is 5.52. The van der Waals surface area contributed by atoms with E-state index < -0.39 is 0 Å². The molecule has 0 fully saturated rings. The molecule has 1 aliphatic rings. The smallest absolute Gasteiger partial charge is 0.251 e. The fraction of sp³-hybridized carbons (Fsp3) is 0.235. The molecule has 0 spiro atoms. The molecule has 1 amide bonds. The van der Waals surface area contributed by atoms with Gasteiger partial charge >= 0.3 is 0 Å². The van der Waals surface area contributed by atoms with Gasteiger partial charge < -0.3 is 19.5 Å². The molecule has 0 unspecified atom stereocenters. The van der Waals surface area contributed by atoms with E-state index in [2.05, 4.69) is 5.32 Å². The van der Waals surface area contributed by atoms with Crippen LogP contribution in [0, 0.1) is 6.92 Å². The van der Waals surface area contributed by atoms with E-state index in [-0.39, 0.29) is 12.7 Å². The van der Waals surface area contributed by atoms with Crippen molar-refractivity contribution in [1.29, 1.82) is 0 Å². The molecule has 0 bridgehead atoms. The van der Waals surface area contributed by atoms with Crippen molar-refractivity contribution >= 4 is 17.5 Å². The Morgan fingerprint density at radius 2 is 2.04 bits per heavy atom. The van der Waals surface area contributed by atoms with Gasteiger partial charge in [-0.25, -0.2) is 0 Å². The molecular formula is C17H16ClNO4. The van der Waals surface area contributed by atoms with E-state index in [1.807, 2.05) is 31.2 Å². The Morgan fingerprint density at radius 1 is 1.26 bits per heavy atom. The summed E-state index contributed by atoms with van der Waals surface area (Å²) >= 11 is 6.06. The van der Waals surface area contributed by atoms with Crippen LogP contribution < -0.4 is 19.5 Å². The molecule has 0 saturated carbocycles. The first-order valence-electron chi connectivity index (χ1n) is 7.20. The molecule has 3 rings (SSSR count). The average molecular weight is 334 g/mol. The first-order valence-corrected chi connectivity index (χ1v) is 7.58. The van der Waals surface area contributed by atoms with E-state index in [9.17, 15) is 4.79 Å². The Hall–Kier alpha value is -2.40. The van der Waals surface area contributed by atoms with E-state index in [0.29, 0.717) is 35.2 Å². The summed E-state index contributed by atoms with van der Waals surface area (Å²) in [4.78, 5) is 12.1. The highest BCUT2D eigenvalue weighted by Crippen LogP contribution is 2.39. The molecule has 2 aromatic carbocycles. The predicted molar refractivity (Wildman–Crippen MR) is 86.6 cm³/mol. The molecule has 1 aliphatic heterocycles. The van der Waals surface area contributed by atoms with Crippen molar-refractivity contribution in [3.8, 4) is 17.2 Å². The summed E-state index contributed by atoms with van der Waals surface area (Å²) in [6, 6.07) is 10.9. The maximum Gasteiger partial charge on any atom is 0.251 e. The van der Waals surface area contributed by atoms with Crippen LogP contribution in [0.4, 0.5) is 0 Å². The van der Waals surface area contributed by atoms with Gasteiger partial charge in [0.15, 0.2) is 11.5 Å². The van der Waals surface area contributed by atoms with Crippen LogP contribution in [0.25, 0.3) is 0 Å². The highest BCUT2D eigenvalue weighted by molar-refractivity contribution is 6.32. The minimum absolute atomic E-state index is 0.116. The fourth-order valence-electron chi connectivity index (χ4n) is 2.17. The van der Waals surface area contributed by atoms with Crippen LogP contribution in [0.15, 0.2) is 36.4 Å². The molecule has 1 heterocycles. The Morgan fingerprint density at radius 3 is 2.83 bits per heavy atom. The lowest BCUT2D eigenvalue weighted by Crippen LogP contribution is -2.28. The zero-order valence-electron chi connectivity index (χ0n) is 12.6. The van der Waals surface area contributed by atoms with Crippen molar-refractivity contribution in [3.63, 3.8) is 0 Å². The number of hydrogen-bond donors (Lipinski definition) is 1. The number of ether oxygens (including phenoxy) is 3. The number of carbonyl (C=O) groups excluding carboxylic acids is 1. The highest BCUT2D eigenvalue weighted by Gasteiger charge is 2.20. The van der Waals surface area contributed by atoms with Crippen molar-refractivity contribution in [2.75, 3.05) is 19.9 Å². The predicted octanol–water partition coefficient (Wildman–Crippen LogP) is 3.19. The van der Waals surface area contributed by atoms with Gasteiger partial charge in [-0.05, 0) is 31.2 Å². The Balaban J connectivity index is 1.52. The molecule has 0 aliphatic carbocycles. The number of halogens is 1. The van der Waals surface area contributed by atoms with Crippen molar-refractivity contribution in [2.45, 2.75) is 6.92 Å². The lowest BCUT2D eigenvalue weighted by Gasteiger charge is -2.09. The van der Waals surface area contributed by atoms with Crippen LogP contribution in [0.2, 0.25) is 5.02 Å². The zero-order chi connectivity index (χ0) is 16.2. The zero-order valence-corrected chi connectivity index (χ0v) is 13.4. The lowest BCUT2D eigenvalue weighted by atomic mass is 10.2. The summed E-state index contributed by atoms with van der Waals surface area (Å²) in [5, 5.41) is 3.14. The van der Waals surface area contributed by atoms with E-state index in [4.69, 9.17) is 25.8 Å². The lowest BCUT2D eigenvalue weighted by molar-refractivity contribution is 0.0946. The normalized spacial score (nSPS) is 12.1. The summed E-state index contributed by atoms with van der Waals surface area (Å²) < 4.78 is 16.0. The maximum atomic E-state index is 12.1. The summed E-state index contributed by atoms with van der Waals surface area (Å²) in [5.74, 6) is 1.50. The minimum Gasteiger partial charge on any atom is -0.492 e. The summed E-state index contributed by atoms with van der Waals surface area (Å²) in [6.07, 6.45) is 0. The van der Waals surface area contributed by atoms with Crippen LogP contribution in [-0.4, -0.2) is 25.9 Å². The molecule has 6 heteroatoms. The van der Waals surface area contributed by atoms with E-state index >= 15 is 0 Å². The topological polar surface area (TPSA) is 56.8 Å². The molecule has 5 nitrogen and oxygen atoms in total. The Labute approximate surface area is 139 Å². The van der Waals surface area contributed by atoms with Gasteiger partial charge in [-0.1, -0.05) is 29.3 Å². The number of rotatable bonds is 5. The second kappa shape index (κ2) is 6.79. The number of fused-ring (bicyclic) bond motifs is 1. The van der Waals surface area contributed by atoms with Crippen LogP contribution in [-0.2, 0) is 0 Å². The number of benzene rings is 2. The van der Waals surface area contributed by atoms with Crippen LogP contribution >= 0.6 is 11.6 Å². The second-order valence-electron chi connectivity index (χ2n) is 5.11. The van der Waals surface area contributed by atoms with Crippen molar-refractivity contribution in [3.05, 3.63) is 52.5 Å². The van der Waals surface area contributed by atoms with Crippen molar-refractivity contribution in [2.24, 2.45) is 0 Å². The van der Waals surface area contributed by atoms with Gasteiger partial charge in [-0.15, -0.1) is 0 Å². The van der Waals surface area contributed by atoms with Gasteiger partial charge in [-0.3, -0.25) is 4.79 Å². The first kappa shape index (κ1) is 15.5. The van der Waals surface area contributed by atoms with E-state index in [1.54, 1.807) is 12.1 Å². The van der Waals surface area contributed by atoms with Gasteiger partial charge in [0.05, 0.1) is 11.6 Å². The summed E-state index contributed by atoms with van der Waals surface area (Å²) in [6.45, 7) is 2.90. The van der Waals surface area contributed by atoms with Gasteiger partial charge in [-0.2, -0.15) is 0 Å². The minimum atomic E-state index is -0.238. The fourth-order valence-corrected chi connectivity index (χ4v) is 2.43. The van der Waals surface area contributed by atoms with Crippen LogP contribution in [0.5, 0.6) is 17.2 Å². The third-order valence-corrected chi connectivity index (χ3v) is 3.65. The average Bonchev–Trinajstić information content (AvgIpc) is 3.02. The molecule has 2 aromatic rings. The standard InChI is InChI=1S/C17H16ClNO4/c1-11-2-4-13(5-3-11)21-7-6-19-17(20)12-8-14(18)16-15(9-12)22-10-23-16/h2-5,8-9H,6-7,10H2,1H3,(H,19,20). The molecule has 120 valence electrons. The Kier molecular flexibility index (Phi) is 4.57. The number of hydrogen-bond acceptors (Lipinski definition) is 4. The molecular weight excluding hydrogens is 318 g/mol. The van der Waals surface area contributed by atoms with E-state index in [0.717, 1.165) is 5.75 Å². The third kappa shape index (κ3) is 3.68. The van der Waals surface area contributed by atoms with Gasteiger partial charge in [0, 0.05) is 5.56 Å². The van der Waals surface area contributed by atoms with Crippen molar-refractivity contribution < 1.29 is 19.0 Å². The van der Waals surface area contributed by atoms with Gasteiger partial charge in [0.2, 0.25) is 6.79 Å². The molecule has 0 aromatic heterocycles. The molecule has 0 saturated heterocycles. The van der Waals surface area contributed by atoms with Crippen LogP contribution in [0.1, 0.15) is 15.9 Å². The number of carbonyl (C=O) groups is 1. The van der Waals surface area contributed by atoms with Gasteiger partial charge in [0.25, 0.3) is 5.91 Å². The molecule has 1 N–H and O–H groups in total. The largest absolute Gasteiger partial charge is 0.492 e. The quantitative estimate of drug-likeness (QED) is 0.854. The first-order chi connectivity index (χ1) is 11.1. The maximum absolute atomic E-state index is 12.1. The SMILES string of the molecule is Cc1ccc(OCCNC(=O)c2cc(Cl)c3c(c2)OCO3)cc1. The molecule has 0 atom stereocenters.